The molecule has 2 nitrogen and oxygen atoms in total. The van der Waals surface area contributed by atoms with E-state index in [4.69, 9.17) is 0 Å². The van der Waals surface area contributed by atoms with Gasteiger partial charge < -0.3 is 20.4 Å². The van der Waals surface area contributed by atoms with Crippen LogP contribution in [0.1, 0.15) is 139 Å². The summed E-state index contributed by atoms with van der Waals surface area (Å²) in [7, 11) is 0. The average molecular weight is 602 g/mol. The van der Waals surface area contributed by atoms with Gasteiger partial charge in [-0.2, -0.15) is 0 Å². The Morgan fingerprint density at radius 1 is 0.561 bits per heavy atom. The maximum Gasteiger partial charge on any atom is 2.00 e. The van der Waals surface area contributed by atoms with Crippen LogP contribution in [0.4, 0.5) is 0 Å². The molecule has 3 heteroatoms. The Bertz CT molecular complexity index is 1070. The van der Waals surface area contributed by atoms with E-state index in [2.05, 4.69) is 75.4 Å². The topological polar surface area (TPSA) is 25.3 Å². The number of benzene rings is 2. The third-order valence-corrected chi connectivity index (χ3v) is 7.92. The van der Waals surface area contributed by atoms with E-state index < -0.39 is 0 Å². The third-order valence-electron chi connectivity index (χ3n) is 7.92. The van der Waals surface area contributed by atoms with Gasteiger partial charge in [-0.15, -0.1) is 0 Å². The van der Waals surface area contributed by atoms with Crippen LogP contribution in [0.3, 0.4) is 0 Å². The molecule has 1 aliphatic heterocycles. The van der Waals surface area contributed by atoms with Crippen LogP contribution in [0.5, 0.6) is 0 Å². The summed E-state index contributed by atoms with van der Waals surface area (Å²) in [5.74, 6) is 0. The summed E-state index contributed by atoms with van der Waals surface area (Å²) in [4.78, 5) is 0. The molecule has 0 saturated carbocycles. The first-order valence-corrected chi connectivity index (χ1v) is 15.8. The Balaban J connectivity index is 0.00000533. The molecule has 0 aromatic heterocycles. The average Bonchev–Trinajstić information content (AvgIpc) is 3.27. The summed E-state index contributed by atoms with van der Waals surface area (Å²) < 4.78 is 1.48. The van der Waals surface area contributed by atoms with Crippen molar-refractivity contribution in [2.75, 3.05) is 0 Å². The zero-order valence-corrected chi connectivity index (χ0v) is 27.9. The minimum atomic E-state index is 0. The van der Waals surface area contributed by atoms with Gasteiger partial charge in [0.05, 0.1) is 0 Å². The minimum Gasteiger partial charge on any atom is -0.493 e. The summed E-state index contributed by atoms with van der Waals surface area (Å²) >= 11 is 0. The number of hydrogen-bond donors (Lipinski definition) is 0. The number of rotatable bonds is 19. The summed E-state index contributed by atoms with van der Waals surface area (Å²) in [6.07, 6.45) is 23.5. The van der Waals surface area contributed by atoms with Crippen molar-refractivity contribution in [1.82, 2.24) is 0 Å². The van der Waals surface area contributed by atoms with Crippen molar-refractivity contribution < 1.29 is 21.2 Å². The predicted molar refractivity (Wildman–Crippen MR) is 178 cm³/mol. The molecule has 0 atom stereocenters. The zero-order valence-electron chi connectivity index (χ0n) is 26.9. The summed E-state index contributed by atoms with van der Waals surface area (Å²) in [5, 5.41) is 0. The van der Waals surface area contributed by atoms with Gasteiger partial charge in [-0.1, -0.05) is 116 Å². The van der Waals surface area contributed by atoms with E-state index in [-0.39, 0.29) is 31.3 Å². The van der Waals surface area contributed by atoms with Crippen molar-refractivity contribution in [2.45, 2.75) is 130 Å². The van der Waals surface area contributed by atoms with E-state index in [1.807, 2.05) is 0 Å². The molecule has 0 saturated heterocycles. The number of unbranched alkanes of at least 4 members (excludes halogenated alkanes) is 11. The van der Waals surface area contributed by atoms with Crippen molar-refractivity contribution in [3.63, 3.8) is 0 Å². The fraction of sp³-hybridized carbons (Fsp3) is 0.526. The largest absolute Gasteiger partial charge is 2.00 e. The van der Waals surface area contributed by atoms with Crippen molar-refractivity contribution in [1.29, 1.82) is 0 Å². The standard InChI is InChI=1S/C36H52N2.2CH3.Ni/c1-4-7-10-12-14-16-21-31-23-19-26-33(28-31)36-34(24-17-15-13-11-8-5-2)29-35(38(36)37)32-25-18-22-30(27-32)20-9-6-3;;;/h18-19,22-23,25-29H,4-17,20-21,24H2,1-3H3;2*1H3;/q;2*-1;+2. The van der Waals surface area contributed by atoms with E-state index in [9.17, 15) is 5.53 Å². The predicted octanol–water partition coefficient (Wildman–Crippen LogP) is 12.4. The smallest absolute Gasteiger partial charge is 0.493 e. The van der Waals surface area contributed by atoms with Gasteiger partial charge in [0.2, 0.25) is 11.4 Å². The third kappa shape index (κ3) is 12.8. The van der Waals surface area contributed by atoms with Gasteiger partial charge in [-0.05, 0) is 73.9 Å². The molecule has 2 aromatic rings. The van der Waals surface area contributed by atoms with Crippen molar-refractivity contribution >= 4 is 11.4 Å². The molecular formula is C38H58N2Ni. The first-order chi connectivity index (χ1) is 18.7. The van der Waals surface area contributed by atoms with Crippen LogP contribution >= 0.6 is 0 Å². The molecule has 1 aliphatic rings. The molecule has 41 heavy (non-hydrogen) atoms. The van der Waals surface area contributed by atoms with Crippen molar-refractivity contribution in [2.24, 2.45) is 0 Å². The number of aryl methyl sites for hydroxylation is 2. The zero-order chi connectivity index (χ0) is 27.0. The number of nitrogens with zero attached hydrogens (tertiary/aromatic N) is 2. The van der Waals surface area contributed by atoms with E-state index >= 15 is 0 Å². The molecule has 0 amide bonds. The minimum absolute atomic E-state index is 0. The molecule has 0 bridgehead atoms. The van der Waals surface area contributed by atoms with Crippen molar-refractivity contribution in [3.8, 4) is 0 Å². The molecule has 0 unspecified atom stereocenters. The Hall–Kier alpha value is -1.99. The second-order valence-corrected chi connectivity index (χ2v) is 11.3. The van der Waals surface area contributed by atoms with E-state index in [1.54, 1.807) is 0 Å². The Morgan fingerprint density at radius 3 is 1.61 bits per heavy atom. The van der Waals surface area contributed by atoms with E-state index in [0.29, 0.717) is 0 Å². The molecule has 230 valence electrons. The molecule has 0 aliphatic carbocycles. The molecule has 1 heterocycles. The van der Waals surface area contributed by atoms with Gasteiger partial charge in [0.15, 0.2) is 0 Å². The van der Waals surface area contributed by atoms with E-state index in [0.717, 1.165) is 41.8 Å². The fourth-order valence-electron chi connectivity index (χ4n) is 5.60. The molecule has 2 aromatic carbocycles. The van der Waals surface area contributed by atoms with Gasteiger partial charge >= 0.3 is 16.5 Å². The van der Waals surface area contributed by atoms with Crippen molar-refractivity contribution in [3.05, 3.63) is 103 Å². The maximum atomic E-state index is 11.6. The van der Waals surface area contributed by atoms with Gasteiger partial charge in [0.1, 0.15) is 0 Å². The first kappa shape index (κ1) is 39.0. The van der Waals surface area contributed by atoms with Gasteiger partial charge in [0.25, 0.3) is 0 Å². The number of allylic oxidation sites excluding steroid dienone is 2. The normalized spacial score (nSPS) is 12.5. The molecule has 0 fully saturated rings. The Labute approximate surface area is 264 Å². The summed E-state index contributed by atoms with van der Waals surface area (Å²) in [5.41, 5.74) is 19.7. The second-order valence-electron chi connectivity index (χ2n) is 11.3. The molecule has 0 spiro atoms. The fourth-order valence-corrected chi connectivity index (χ4v) is 5.60. The Kier molecular flexibility index (Phi) is 21.5. The van der Waals surface area contributed by atoms with Crippen LogP contribution in [-0.2, 0) is 29.3 Å². The monoisotopic (exact) mass is 600 g/mol. The maximum absolute atomic E-state index is 11.6. The first-order valence-electron chi connectivity index (χ1n) is 15.8. The molecule has 0 N–H and O–H groups in total. The van der Waals surface area contributed by atoms with Gasteiger partial charge in [-0.25, -0.2) is 4.70 Å². The van der Waals surface area contributed by atoms with Crippen LogP contribution in [0.15, 0.2) is 60.2 Å². The Morgan fingerprint density at radius 2 is 1.02 bits per heavy atom. The van der Waals surface area contributed by atoms with Crippen LogP contribution in [0.2, 0.25) is 0 Å². The molecular weight excluding hydrogens is 543 g/mol. The molecule has 3 rings (SSSR count). The van der Waals surface area contributed by atoms with E-state index in [1.165, 1.54) is 111 Å². The van der Waals surface area contributed by atoms with Gasteiger partial charge in [0, 0.05) is 22.8 Å². The van der Waals surface area contributed by atoms with Crippen LogP contribution in [0, 0.1) is 14.9 Å². The second kappa shape index (κ2) is 22.6. The summed E-state index contributed by atoms with van der Waals surface area (Å²) in [6, 6.07) is 17.7. The SMILES string of the molecule is CCCCCCCCC1=C(c2cccc(CCCCCCCC)c2)[N+](=[N-])C(c2cccc(CCCC)c2)=C1.[CH3-].[CH3-].[Ni+2]. The van der Waals surface area contributed by atoms with Gasteiger partial charge in [-0.3, -0.25) is 0 Å². The van der Waals surface area contributed by atoms with Crippen LogP contribution < -0.4 is 0 Å². The molecule has 0 radical (unpaired) electrons. The van der Waals surface area contributed by atoms with Crippen LogP contribution in [-0.4, -0.2) is 4.70 Å². The number of hydrogen-bond acceptors (Lipinski definition) is 0. The summed E-state index contributed by atoms with van der Waals surface area (Å²) in [6.45, 7) is 6.79. The van der Waals surface area contributed by atoms with Crippen LogP contribution in [0.25, 0.3) is 16.9 Å². The quantitative estimate of drug-likeness (QED) is 0.0663.